The van der Waals surface area contributed by atoms with Crippen LogP contribution in [0, 0.1) is 6.92 Å². The van der Waals surface area contributed by atoms with Gasteiger partial charge in [0.25, 0.3) is 0 Å². The molecule has 1 amide bonds. The summed E-state index contributed by atoms with van der Waals surface area (Å²) in [5, 5.41) is 3.02. The zero-order valence-electron chi connectivity index (χ0n) is 16.3. The molecule has 4 N–H and O–H groups in total. The lowest BCUT2D eigenvalue weighted by atomic mass is 9.92. The van der Waals surface area contributed by atoms with E-state index in [0.29, 0.717) is 29.7 Å². The molecule has 0 aliphatic heterocycles. The van der Waals surface area contributed by atoms with Crippen LogP contribution in [-0.2, 0) is 14.8 Å². The van der Waals surface area contributed by atoms with Gasteiger partial charge < -0.3 is 11.1 Å². The van der Waals surface area contributed by atoms with Gasteiger partial charge in [0.05, 0.1) is 10.7 Å². The number of amides is 1. The highest BCUT2D eigenvalue weighted by atomic mass is 35.5. The summed E-state index contributed by atoms with van der Waals surface area (Å²) in [6, 6.07) is 4.69. The zero-order valence-corrected chi connectivity index (χ0v) is 17.8. The molecule has 0 unspecified atom stereocenters. The Morgan fingerprint density at radius 3 is 2.48 bits per heavy atom. The lowest BCUT2D eigenvalue weighted by Gasteiger charge is -2.29. The molecule has 1 heterocycles. The summed E-state index contributed by atoms with van der Waals surface area (Å²) in [7, 11) is -3.82. The Labute approximate surface area is 175 Å². The van der Waals surface area contributed by atoms with E-state index in [1.165, 1.54) is 13.0 Å². The first-order chi connectivity index (χ1) is 13.7. The molecule has 10 heteroatoms. The van der Waals surface area contributed by atoms with Crippen LogP contribution in [0.3, 0.4) is 0 Å². The molecule has 0 saturated heterocycles. The summed E-state index contributed by atoms with van der Waals surface area (Å²) in [5.41, 5.74) is 7.57. The maximum Gasteiger partial charge on any atom is 0.242 e. The van der Waals surface area contributed by atoms with Crippen molar-refractivity contribution in [3.63, 3.8) is 0 Å². The lowest BCUT2D eigenvalue weighted by Crippen LogP contribution is -2.43. The van der Waals surface area contributed by atoms with Gasteiger partial charge in [0.2, 0.25) is 21.9 Å². The average Bonchev–Trinajstić information content (AvgIpc) is 2.63. The van der Waals surface area contributed by atoms with Gasteiger partial charge in [0.15, 0.2) is 0 Å². The topological polar surface area (TPSA) is 127 Å². The third-order valence-electron chi connectivity index (χ3n) is 4.99. The van der Waals surface area contributed by atoms with Crippen LogP contribution in [0.2, 0.25) is 5.02 Å². The monoisotopic (exact) mass is 437 g/mol. The molecule has 0 bridgehead atoms. The van der Waals surface area contributed by atoms with Crippen LogP contribution in [0.15, 0.2) is 29.3 Å². The zero-order chi connectivity index (χ0) is 21.2. The second kappa shape index (κ2) is 8.64. The minimum absolute atomic E-state index is 0.0110. The summed E-state index contributed by atoms with van der Waals surface area (Å²) in [6.07, 6.45) is 4.30. The number of aryl methyl sites for hydroxylation is 1. The van der Waals surface area contributed by atoms with Gasteiger partial charge in [-0.15, -0.1) is 0 Å². The number of carbonyl (C=O) groups is 1. The first-order valence-electron chi connectivity index (χ1n) is 9.34. The molecule has 0 radical (unpaired) electrons. The molecule has 1 saturated carbocycles. The van der Waals surface area contributed by atoms with Crippen molar-refractivity contribution in [2.24, 2.45) is 0 Å². The summed E-state index contributed by atoms with van der Waals surface area (Å²) in [4.78, 5) is 19.3. The summed E-state index contributed by atoms with van der Waals surface area (Å²) in [5.74, 6) is 0.0872. The van der Waals surface area contributed by atoms with E-state index in [2.05, 4.69) is 20.0 Å². The number of nitrogens with one attached hydrogen (secondary N) is 2. The fraction of sp³-hybridized carbons (Fsp3) is 0.421. The maximum absolute atomic E-state index is 13.0. The van der Waals surface area contributed by atoms with Gasteiger partial charge in [0.1, 0.15) is 4.90 Å². The SMILES string of the molecule is CC(=O)N[C@H]1CC[C@H](NS(=O)(=O)c2cc(-c3cnc(N)nc3C)ccc2Cl)CC1. The molecule has 0 spiro atoms. The van der Waals surface area contributed by atoms with Crippen molar-refractivity contribution in [2.75, 3.05) is 5.73 Å². The highest BCUT2D eigenvalue weighted by Crippen LogP contribution is 2.30. The van der Waals surface area contributed by atoms with Crippen molar-refractivity contribution in [3.05, 3.63) is 35.1 Å². The van der Waals surface area contributed by atoms with Gasteiger partial charge in [-0.05, 0) is 50.3 Å². The molecule has 1 aliphatic rings. The maximum atomic E-state index is 13.0. The smallest absolute Gasteiger partial charge is 0.242 e. The van der Waals surface area contributed by atoms with Crippen molar-refractivity contribution < 1.29 is 13.2 Å². The number of hydrogen-bond acceptors (Lipinski definition) is 6. The number of carbonyl (C=O) groups excluding carboxylic acids is 1. The molecule has 3 rings (SSSR count). The van der Waals surface area contributed by atoms with E-state index in [9.17, 15) is 13.2 Å². The average molecular weight is 438 g/mol. The molecular formula is C19H24ClN5O3S. The van der Waals surface area contributed by atoms with E-state index >= 15 is 0 Å². The van der Waals surface area contributed by atoms with E-state index in [4.69, 9.17) is 17.3 Å². The Morgan fingerprint density at radius 2 is 1.86 bits per heavy atom. The minimum Gasteiger partial charge on any atom is -0.368 e. The van der Waals surface area contributed by atoms with Gasteiger partial charge in [-0.1, -0.05) is 17.7 Å². The Morgan fingerprint density at radius 1 is 1.21 bits per heavy atom. The fourth-order valence-electron chi connectivity index (χ4n) is 3.57. The van der Waals surface area contributed by atoms with E-state index in [0.717, 1.165) is 12.8 Å². The Bertz CT molecular complexity index is 1020. The number of nitrogens with zero attached hydrogens (tertiary/aromatic N) is 2. The summed E-state index contributed by atoms with van der Waals surface area (Å²) >= 11 is 6.21. The highest BCUT2D eigenvalue weighted by molar-refractivity contribution is 7.89. The Kier molecular flexibility index (Phi) is 6.40. The number of sulfonamides is 1. The van der Waals surface area contributed by atoms with E-state index < -0.39 is 10.0 Å². The van der Waals surface area contributed by atoms with Crippen LogP contribution < -0.4 is 15.8 Å². The third-order valence-corrected chi connectivity index (χ3v) is 6.99. The molecule has 2 aromatic rings. The first kappa shape index (κ1) is 21.5. The third kappa shape index (κ3) is 5.23. The van der Waals surface area contributed by atoms with E-state index in [1.54, 1.807) is 25.3 Å². The molecule has 29 heavy (non-hydrogen) atoms. The van der Waals surface area contributed by atoms with Crippen LogP contribution >= 0.6 is 11.6 Å². The van der Waals surface area contributed by atoms with Crippen molar-refractivity contribution in [2.45, 2.75) is 56.5 Å². The predicted octanol–water partition coefficient (Wildman–Crippen LogP) is 2.41. The largest absolute Gasteiger partial charge is 0.368 e. The second-order valence-electron chi connectivity index (χ2n) is 7.24. The van der Waals surface area contributed by atoms with Crippen LogP contribution in [0.4, 0.5) is 5.95 Å². The van der Waals surface area contributed by atoms with E-state index in [-0.39, 0.29) is 33.9 Å². The van der Waals surface area contributed by atoms with Gasteiger partial charge >= 0.3 is 0 Å². The molecule has 1 aromatic heterocycles. The predicted molar refractivity (Wildman–Crippen MR) is 112 cm³/mol. The number of nitrogen functional groups attached to an aromatic ring is 1. The molecule has 1 fully saturated rings. The van der Waals surface area contributed by atoms with Crippen LogP contribution in [0.1, 0.15) is 38.3 Å². The number of aromatic nitrogens is 2. The quantitative estimate of drug-likeness (QED) is 0.659. The highest BCUT2D eigenvalue weighted by Gasteiger charge is 2.27. The second-order valence-corrected chi connectivity index (χ2v) is 9.33. The number of halogens is 1. The minimum atomic E-state index is -3.82. The normalized spacial score (nSPS) is 19.7. The van der Waals surface area contributed by atoms with Gasteiger partial charge in [0, 0.05) is 30.8 Å². The molecule has 156 valence electrons. The van der Waals surface area contributed by atoms with Crippen LogP contribution in [0.25, 0.3) is 11.1 Å². The number of rotatable bonds is 5. The summed E-state index contributed by atoms with van der Waals surface area (Å²) in [6.45, 7) is 3.26. The fourth-order valence-corrected chi connectivity index (χ4v) is 5.40. The lowest BCUT2D eigenvalue weighted by molar-refractivity contribution is -0.119. The number of nitrogens with two attached hydrogens (primary N) is 1. The Balaban J connectivity index is 1.79. The van der Waals surface area contributed by atoms with Gasteiger partial charge in [-0.3, -0.25) is 4.79 Å². The van der Waals surface area contributed by atoms with Gasteiger partial charge in [-0.2, -0.15) is 0 Å². The number of anilines is 1. The van der Waals surface area contributed by atoms with Crippen LogP contribution in [-0.4, -0.2) is 36.4 Å². The molecular weight excluding hydrogens is 414 g/mol. The molecule has 0 atom stereocenters. The Hall–Kier alpha value is -2.23. The van der Waals surface area contributed by atoms with E-state index in [1.807, 2.05) is 0 Å². The standard InChI is InChI=1S/C19H24ClN5O3S/c1-11-16(10-22-19(21)23-11)13-3-8-17(20)18(9-13)29(27,28)25-15-6-4-14(5-7-15)24-12(2)26/h3,8-10,14-15,25H,4-7H2,1-2H3,(H,24,26)(H2,21,22,23)/t14-,15-. The van der Waals surface area contributed by atoms with Gasteiger partial charge in [-0.25, -0.2) is 23.1 Å². The van der Waals surface area contributed by atoms with Crippen molar-refractivity contribution in [1.29, 1.82) is 0 Å². The van der Waals surface area contributed by atoms with Crippen molar-refractivity contribution in [1.82, 2.24) is 20.0 Å². The van der Waals surface area contributed by atoms with Crippen molar-refractivity contribution in [3.8, 4) is 11.1 Å². The van der Waals surface area contributed by atoms with Crippen molar-refractivity contribution >= 4 is 33.5 Å². The summed E-state index contributed by atoms with van der Waals surface area (Å²) < 4.78 is 28.7. The molecule has 1 aromatic carbocycles. The number of hydrogen-bond donors (Lipinski definition) is 3. The first-order valence-corrected chi connectivity index (χ1v) is 11.2. The molecule has 8 nitrogen and oxygen atoms in total. The molecule has 1 aliphatic carbocycles. The van der Waals surface area contributed by atoms with Crippen LogP contribution in [0.5, 0.6) is 0 Å². The number of benzene rings is 1.